The van der Waals surface area contributed by atoms with Gasteiger partial charge in [0.25, 0.3) is 0 Å². The van der Waals surface area contributed by atoms with Crippen molar-refractivity contribution in [3.8, 4) is 22.9 Å². The Kier molecular flexibility index (Phi) is 4.77. The van der Waals surface area contributed by atoms with Crippen LogP contribution in [0, 0.1) is 0 Å². The second-order valence-corrected chi connectivity index (χ2v) is 6.91. The molecule has 4 rings (SSSR count). The molecule has 8 heteroatoms. The molecule has 0 saturated carbocycles. The highest BCUT2D eigenvalue weighted by atomic mass is 35.5. The largest absolute Gasteiger partial charge is 0.465 e. The first-order valence-electron chi connectivity index (χ1n) is 8.73. The van der Waals surface area contributed by atoms with Crippen LogP contribution in [0.25, 0.3) is 22.9 Å². The van der Waals surface area contributed by atoms with Crippen LogP contribution in [-0.4, -0.2) is 49.1 Å². The number of benzene rings is 1. The van der Waals surface area contributed by atoms with E-state index in [4.69, 9.17) is 16.6 Å². The van der Waals surface area contributed by atoms with E-state index in [9.17, 15) is 9.90 Å². The molecule has 0 radical (unpaired) electrons. The summed E-state index contributed by atoms with van der Waals surface area (Å²) in [6, 6.07) is 9.23. The van der Waals surface area contributed by atoms with E-state index in [2.05, 4.69) is 15.0 Å². The summed E-state index contributed by atoms with van der Waals surface area (Å²) in [5, 5.41) is 9.84. The Hall–Kier alpha value is -2.93. The number of aromatic nitrogens is 4. The van der Waals surface area contributed by atoms with Gasteiger partial charge < -0.3 is 15.0 Å². The predicted molar refractivity (Wildman–Crippen MR) is 102 cm³/mol. The van der Waals surface area contributed by atoms with Crippen molar-refractivity contribution in [2.24, 2.45) is 0 Å². The summed E-state index contributed by atoms with van der Waals surface area (Å²) in [6.07, 6.45) is 3.97. The Morgan fingerprint density at radius 1 is 1.15 bits per heavy atom. The summed E-state index contributed by atoms with van der Waals surface area (Å²) in [4.78, 5) is 29.5. The molecule has 0 aliphatic carbocycles. The molecule has 0 unspecified atom stereocenters. The Bertz CT molecular complexity index is 934. The van der Waals surface area contributed by atoms with Gasteiger partial charge in [0.1, 0.15) is 11.5 Å². The minimum Gasteiger partial charge on any atom is -0.465 e. The fourth-order valence-electron chi connectivity index (χ4n) is 3.38. The molecule has 2 aromatic heterocycles. The average molecular weight is 384 g/mol. The second kappa shape index (κ2) is 7.36. The zero-order valence-corrected chi connectivity index (χ0v) is 15.2. The Balaban J connectivity index is 1.71. The van der Waals surface area contributed by atoms with Gasteiger partial charge in [0.05, 0.1) is 0 Å². The molecule has 1 aliphatic rings. The maximum atomic E-state index is 11.2. The molecule has 1 aromatic carbocycles. The van der Waals surface area contributed by atoms with Crippen molar-refractivity contribution in [1.82, 2.24) is 24.8 Å². The van der Waals surface area contributed by atoms with Crippen LogP contribution in [0.15, 0.2) is 42.7 Å². The minimum atomic E-state index is -0.869. The summed E-state index contributed by atoms with van der Waals surface area (Å²) >= 11 is 5.99. The van der Waals surface area contributed by atoms with Gasteiger partial charge in [-0.2, -0.15) is 0 Å². The Morgan fingerprint density at radius 3 is 2.44 bits per heavy atom. The standard InChI is InChI=1S/C19H18ClN5O2/c20-14-4-2-13(3-5-14)17-23-15(12-6-10-25(11-7-12)19(26)27)16(24-17)18-21-8-1-9-22-18/h1-5,8-9,12H,6-7,10-11H2,(H,23,24)(H,26,27). The first-order valence-corrected chi connectivity index (χ1v) is 9.10. The molecule has 2 N–H and O–H groups in total. The van der Waals surface area contributed by atoms with E-state index in [1.165, 1.54) is 4.90 Å². The van der Waals surface area contributed by atoms with Gasteiger partial charge in [0.2, 0.25) is 0 Å². The predicted octanol–water partition coefficient (Wildman–Crippen LogP) is 4.04. The number of imidazole rings is 1. The molecule has 3 aromatic rings. The molecule has 0 bridgehead atoms. The van der Waals surface area contributed by atoms with Gasteiger partial charge in [0.15, 0.2) is 5.82 Å². The third-order valence-corrected chi connectivity index (χ3v) is 5.05. The van der Waals surface area contributed by atoms with E-state index in [1.807, 2.05) is 24.3 Å². The van der Waals surface area contributed by atoms with E-state index < -0.39 is 6.09 Å². The van der Waals surface area contributed by atoms with Gasteiger partial charge in [-0.1, -0.05) is 11.6 Å². The molecule has 1 saturated heterocycles. The van der Waals surface area contributed by atoms with Crippen molar-refractivity contribution in [3.63, 3.8) is 0 Å². The topological polar surface area (TPSA) is 95.0 Å². The number of halogens is 1. The molecule has 1 aliphatic heterocycles. The first kappa shape index (κ1) is 17.5. The van der Waals surface area contributed by atoms with E-state index in [1.54, 1.807) is 18.5 Å². The Labute approximate surface area is 161 Å². The number of carbonyl (C=O) groups is 1. The number of carboxylic acid groups (broad SMARTS) is 1. The third kappa shape index (κ3) is 3.64. The molecule has 1 amide bonds. The van der Waals surface area contributed by atoms with Gasteiger partial charge >= 0.3 is 6.09 Å². The molecule has 138 valence electrons. The number of H-pyrrole nitrogens is 1. The number of nitrogens with one attached hydrogen (secondary N) is 1. The lowest BCUT2D eigenvalue weighted by Gasteiger charge is -2.29. The van der Waals surface area contributed by atoms with Crippen LogP contribution < -0.4 is 0 Å². The van der Waals surface area contributed by atoms with Crippen LogP contribution in [0.2, 0.25) is 5.02 Å². The van der Waals surface area contributed by atoms with Crippen LogP contribution in [0.5, 0.6) is 0 Å². The maximum absolute atomic E-state index is 11.2. The van der Waals surface area contributed by atoms with Gasteiger partial charge in [0, 0.05) is 47.7 Å². The second-order valence-electron chi connectivity index (χ2n) is 6.47. The Morgan fingerprint density at radius 2 is 1.81 bits per heavy atom. The molecule has 0 atom stereocenters. The highest BCUT2D eigenvalue weighted by Crippen LogP contribution is 2.34. The SMILES string of the molecule is O=C(O)N1CCC(c2[nH]c(-c3ccc(Cl)cc3)nc2-c2ncccn2)CC1. The van der Waals surface area contributed by atoms with Gasteiger partial charge in [-0.3, -0.25) is 0 Å². The van der Waals surface area contributed by atoms with Crippen molar-refractivity contribution in [3.05, 3.63) is 53.4 Å². The number of rotatable bonds is 3. The highest BCUT2D eigenvalue weighted by Gasteiger charge is 2.28. The lowest BCUT2D eigenvalue weighted by Crippen LogP contribution is -2.37. The van der Waals surface area contributed by atoms with Crippen LogP contribution >= 0.6 is 11.6 Å². The molecular formula is C19H18ClN5O2. The fourth-order valence-corrected chi connectivity index (χ4v) is 3.50. The molecule has 3 heterocycles. The van der Waals surface area contributed by atoms with E-state index in [0.29, 0.717) is 29.6 Å². The van der Waals surface area contributed by atoms with Gasteiger partial charge in [-0.05, 0) is 43.2 Å². The quantitative estimate of drug-likeness (QED) is 0.711. The number of nitrogens with zero attached hydrogens (tertiary/aromatic N) is 4. The van der Waals surface area contributed by atoms with Gasteiger partial charge in [-0.15, -0.1) is 0 Å². The number of likely N-dealkylation sites (tertiary alicyclic amines) is 1. The van der Waals surface area contributed by atoms with Crippen LogP contribution in [0.3, 0.4) is 0 Å². The van der Waals surface area contributed by atoms with E-state index in [0.717, 1.165) is 29.9 Å². The summed E-state index contributed by atoms with van der Waals surface area (Å²) < 4.78 is 0. The lowest BCUT2D eigenvalue weighted by atomic mass is 9.92. The van der Waals surface area contributed by atoms with Crippen molar-refractivity contribution in [2.75, 3.05) is 13.1 Å². The summed E-state index contributed by atoms with van der Waals surface area (Å²) in [5.74, 6) is 1.46. The van der Waals surface area contributed by atoms with Gasteiger partial charge in [-0.25, -0.2) is 19.7 Å². The van der Waals surface area contributed by atoms with Crippen LogP contribution in [0.4, 0.5) is 4.79 Å². The summed E-state index contributed by atoms with van der Waals surface area (Å²) in [7, 11) is 0. The molecular weight excluding hydrogens is 366 g/mol. The monoisotopic (exact) mass is 383 g/mol. The van der Waals surface area contributed by atoms with Crippen molar-refractivity contribution >= 4 is 17.7 Å². The maximum Gasteiger partial charge on any atom is 0.407 e. The summed E-state index contributed by atoms with van der Waals surface area (Å²) in [6.45, 7) is 1.01. The van der Waals surface area contributed by atoms with E-state index in [-0.39, 0.29) is 5.92 Å². The normalized spacial score (nSPS) is 15.1. The number of piperidine rings is 1. The summed E-state index contributed by atoms with van der Waals surface area (Å²) in [5.41, 5.74) is 2.59. The van der Waals surface area contributed by atoms with Crippen molar-refractivity contribution in [1.29, 1.82) is 0 Å². The number of hydrogen-bond acceptors (Lipinski definition) is 4. The van der Waals surface area contributed by atoms with Crippen LogP contribution in [0.1, 0.15) is 24.5 Å². The number of aromatic amines is 1. The lowest BCUT2D eigenvalue weighted by molar-refractivity contribution is 0.132. The van der Waals surface area contributed by atoms with Crippen molar-refractivity contribution < 1.29 is 9.90 Å². The highest BCUT2D eigenvalue weighted by molar-refractivity contribution is 6.30. The fraction of sp³-hybridized carbons (Fsp3) is 0.263. The first-order chi connectivity index (χ1) is 13.1. The average Bonchev–Trinajstić information content (AvgIpc) is 3.15. The molecule has 27 heavy (non-hydrogen) atoms. The third-order valence-electron chi connectivity index (χ3n) is 4.80. The number of amides is 1. The zero-order chi connectivity index (χ0) is 18.8. The molecule has 7 nitrogen and oxygen atoms in total. The van der Waals surface area contributed by atoms with Crippen LogP contribution in [-0.2, 0) is 0 Å². The zero-order valence-electron chi connectivity index (χ0n) is 14.5. The van der Waals surface area contributed by atoms with E-state index >= 15 is 0 Å². The van der Waals surface area contributed by atoms with Crippen molar-refractivity contribution in [2.45, 2.75) is 18.8 Å². The minimum absolute atomic E-state index is 0.174. The number of hydrogen-bond donors (Lipinski definition) is 2. The molecule has 0 spiro atoms. The smallest absolute Gasteiger partial charge is 0.407 e. The molecule has 1 fully saturated rings.